The highest BCUT2D eigenvalue weighted by atomic mass is 16.1. The predicted octanol–water partition coefficient (Wildman–Crippen LogP) is 3.14. The highest BCUT2D eigenvalue weighted by Crippen LogP contribution is 2.22. The number of amides is 1. The molecule has 9 nitrogen and oxygen atoms in total. The summed E-state index contributed by atoms with van der Waals surface area (Å²) in [5.41, 5.74) is 10.3. The number of nitriles is 1. The summed E-state index contributed by atoms with van der Waals surface area (Å²) < 4.78 is 0. The number of hydrogen-bond acceptors (Lipinski definition) is 7. The minimum atomic E-state index is -0.545. The van der Waals surface area contributed by atoms with Gasteiger partial charge in [0.25, 0.3) is 5.91 Å². The number of carbonyl (C=O) groups is 1. The lowest BCUT2D eigenvalue weighted by molar-refractivity contribution is 0.0995. The van der Waals surface area contributed by atoms with Gasteiger partial charge in [-0.3, -0.25) is 14.7 Å². The number of nitrogens with two attached hydrogens (primary N) is 1. The quantitative estimate of drug-likeness (QED) is 0.371. The summed E-state index contributed by atoms with van der Waals surface area (Å²) in [6, 6.07) is 11.4. The molecule has 1 aromatic carbocycles. The van der Waals surface area contributed by atoms with E-state index in [1.165, 1.54) is 5.56 Å². The number of nitrogens with one attached hydrogen (secondary N) is 1. The van der Waals surface area contributed by atoms with Gasteiger partial charge in [0.15, 0.2) is 0 Å². The molecule has 4 heterocycles. The molecule has 0 radical (unpaired) electrons. The number of benzene rings is 1. The Morgan fingerprint density at radius 1 is 1.00 bits per heavy atom. The Labute approximate surface area is 209 Å². The average Bonchev–Trinajstić information content (AvgIpc) is 3.33. The van der Waals surface area contributed by atoms with Crippen LogP contribution in [0, 0.1) is 11.3 Å². The number of anilines is 1. The van der Waals surface area contributed by atoms with Gasteiger partial charge in [0.05, 0.1) is 11.6 Å². The second-order valence-corrected chi connectivity index (χ2v) is 9.04. The van der Waals surface area contributed by atoms with Crippen molar-refractivity contribution in [3.8, 4) is 17.2 Å². The second kappa shape index (κ2) is 10.5. The topological polar surface area (TPSA) is 128 Å². The molecule has 0 spiro atoms. The summed E-state index contributed by atoms with van der Waals surface area (Å²) >= 11 is 0. The zero-order valence-electron chi connectivity index (χ0n) is 20.0. The van der Waals surface area contributed by atoms with E-state index in [1.54, 1.807) is 30.7 Å². The molecule has 182 valence electrons. The largest absolute Gasteiger partial charge is 0.364 e. The van der Waals surface area contributed by atoms with Crippen molar-refractivity contribution in [1.82, 2.24) is 24.8 Å². The number of rotatable bonds is 8. The molecule has 9 heteroatoms. The molecule has 0 saturated carbocycles. The van der Waals surface area contributed by atoms with Gasteiger partial charge in [-0.2, -0.15) is 5.26 Å². The molecule has 1 aliphatic heterocycles. The van der Waals surface area contributed by atoms with Crippen molar-refractivity contribution >= 4 is 22.8 Å². The Morgan fingerprint density at radius 3 is 2.47 bits per heavy atom. The van der Waals surface area contributed by atoms with Crippen LogP contribution in [0.3, 0.4) is 0 Å². The van der Waals surface area contributed by atoms with E-state index in [1.807, 2.05) is 18.2 Å². The molecular formula is C27H28N8O. The summed E-state index contributed by atoms with van der Waals surface area (Å²) in [6.45, 7) is 4.85. The van der Waals surface area contributed by atoms with Crippen LogP contribution < -0.4 is 10.6 Å². The Balaban J connectivity index is 1.08. The van der Waals surface area contributed by atoms with Crippen molar-refractivity contribution in [3.63, 3.8) is 0 Å². The van der Waals surface area contributed by atoms with Crippen molar-refractivity contribution in [2.45, 2.75) is 19.3 Å². The van der Waals surface area contributed by atoms with Gasteiger partial charge in [-0.1, -0.05) is 6.07 Å². The number of aromatic amines is 1. The first-order valence-electron chi connectivity index (χ1n) is 12.2. The number of fused-ring (bicyclic) bond motifs is 1. The summed E-state index contributed by atoms with van der Waals surface area (Å²) in [4.78, 5) is 32.4. The third-order valence-corrected chi connectivity index (χ3v) is 6.71. The molecule has 3 N–H and O–H groups in total. The van der Waals surface area contributed by atoms with Crippen LogP contribution in [0.15, 0.2) is 55.1 Å². The molecule has 1 aliphatic rings. The third kappa shape index (κ3) is 5.19. The maximum absolute atomic E-state index is 11.2. The lowest BCUT2D eigenvalue weighted by Gasteiger charge is -2.34. The molecule has 0 bridgehead atoms. The number of aryl methyl sites for hydroxylation is 1. The van der Waals surface area contributed by atoms with Crippen LogP contribution in [0.1, 0.15) is 34.5 Å². The lowest BCUT2D eigenvalue weighted by Crippen LogP contribution is -2.47. The number of primary amides is 1. The van der Waals surface area contributed by atoms with Gasteiger partial charge in [-0.25, -0.2) is 9.97 Å². The van der Waals surface area contributed by atoms with Crippen LogP contribution in [0.2, 0.25) is 0 Å². The summed E-state index contributed by atoms with van der Waals surface area (Å²) in [7, 11) is 0. The van der Waals surface area contributed by atoms with Crippen LogP contribution in [-0.2, 0) is 6.42 Å². The molecule has 0 atom stereocenters. The number of carbonyl (C=O) groups excluding carboxylic acids is 1. The highest BCUT2D eigenvalue weighted by Gasteiger charge is 2.19. The number of unbranched alkanes of at least 4 members (excludes halogenated alkanes) is 1. The highest BCUT2D eigenvalue weighted by molar-refractivity contribution is 5.91. The van der Waals surface area contributed by atoms with Gasteiger partial charge in [0, 0.05) is 73.0 Å². The summed E-state index contributed by atoms with van der Waals surface area (Å²) in [5.74, 6) is 0.188. The second-order valence-electron chi connectivity index (χ2n) is 9.04. The Bertz CT molecular complexity index is 1380. The zero-order chi connectivity index (χ0) is 24.9. The summed E-state index contributed by atoms with van der Waals surface area (Å²) in [6.07, 6.45) is 10.5. The first-order chi connectivity index (χ1) is 17.6. The molecule has 36 heavy (non-hydrogen) atoms. The summed E-state index contributed by atoms with van der Waals surface area (Å²) in [5, 5.41) is 10.3. The molecule has 5 rings (SSSR count). The van der Waals surface area contributed by atoms with Gasteiger partial charge in [0.1, 0.15) is 5.69 Å². The van der Waals surface area contributed by atoms with Crippen molar-refractivity contribution in [2.75, 3.05) is 37.6 Å². The monoisotopic (exact) mass is 480 g/mol. The van der Waals surface area contributed by atoms with Gasteiger partial charge in [-0.15, -0.1) is 0 Å². The van der Waals surface area contributed by atoms with E-state index >= 15 is 0 Å². The Hall–Kier alpha value is -4.29. The van der Waals surface area contributed by atoms with Crippen LogP contribution in [0.5, 0.6) is 0 Å². The smallest absolute Gasteiger partial charge is 0.267 e. The zero-order valence-corrected chi connectivity index (χ0v) is 20.0. The first-order valence-corrected chi connectivity index (χ1v) is 12.2. The molecule has 1 saturated heterocycles. The van der Waals surface area contributed by atoms with E-state index < -0.39 is 5.91 Å². The SMILES string of the molecule is N#Cc1ccc2[nH]cc(CCCCN3CCN(c4ncc(-c5ccc(C(N)=O)nc5)cn4)CC3)c2c1. The Morgan fingerprint density at radius 2 is 1.78 bits per heavy atom. The van der Waals surface area contributed by atoms with E-state index in [9.17, 15) is 4.79 Å². The molecule has 1 amide bonds. The van der Waals surface area contributed by atoms with E-state index in [0.29, 0.717) is 5.56 Å². The maximum atomic E-state index is 11.2. The third-order valence-electron chi connectivity index (χ3n) is 6.71. The van der Waals surface area contributed by atoms with Gasteiger partial charge in [0.2, 0.25) is 5.95 Å². The molecule has 1 fully saturated rings. The minimum Gasteiger partial charge on any atom is -0.364 e. The van der Waals surface area contributed by atoms with Crippen LogP contribution >= 0.6 is 0 Å². The van der Waals surface area contributed by atoms with E-state index in [2.05, 4.69) is 42.0 Å². The van der Waals surface area contributed by atoms with E-state index in [0.717, 1.165) is 80.0 Å². The van der Waals surface area contributed by atoms with Gasteiger partial charge < -0.3 is 15.6 Å². The first kappa shape index (κ1) is 23.5. The maximum Gasteiger partial charge on any atom is 0.267 e. The minimum absolute atomic E-state index is 0.237. The molecule has 4 aromatic rings. The van der Waals surface area contributed by atoms with Gasteiger partial charge in [-0.05, 0) is 55.6 Å². The fraction of sp³-hybridized carbons (Fsp3) is 0.296. The number of H-pyrrole nitrogens is 1. The van der Waals surface area contributed by atoms with Gasteiger partial charge >= 0.3 is 0 Å². The number of pyridine rings is 1. The Kier molecular flexibility index (Phi) is 6.87. The van der Waals surface area contributed by atoms with E-state index in [-0.39, 0.29) is 5.69 Å². The van der Waals surface area contributed by atoms with Crippen molar-refractivity contribution < 1.29 is 4.79 Å². The number of hydrogen-bond donors (Lipinski definition) is 2. The molecule has 0 aliphatic carbocycles. The van der Waals surface area contributed by atoms with E-state index in [4.69, 9.17) is 11.0 Å². The number of piperazine rings is 1. The van der Waals surface area contributed by atoms with Crippen LogP contribution in [0.4, 0.5) is 5.95 Å². The van der Waals surface area contributed by atoms with Crippen molar-refractivity contribution in [1.29, 1.82) is 5.26 Å². The van der Waals surface area contributed by atoms with Crippen molar-refractivity contribution in [2.24, 2.45) is 5.73 Å². The molecular weight excluding hydrogens is 452 g/mol. The average molecular weight is 481 g/mol. The fourth-order valence-corrected chi connectivity index (χ4v) is 4.62. The molecule has 0 unspecified atom stereocenters. The number of nitrogens with zero attached hydrogens (tertiary/aromatic N) is 6. The fourth-order valence-electron chi connectivity index (χ4n) is 4.62. The predicted molar refractivity (Wildman–Crippen MR) is 138 cm³/mol. The van der Waals surface area contributed by atoms with Crippen LogP contribution in [-0.4, -0.2) is 63.5 Å². The van der Waals surface area contributed by atoms with Crippen LogP contribution in [0.25, 0.3) is 22.0 Å². The number of aromatic nitrogens is 4. The lowest BCUT2D eigenvalue weighted by atomic mass is 10.1. The van der Waals surface area contributed by atoms with Crippen molar-refractivity contribution in [3.05, 3.63) is 71.9 Å². The molecule has 3 aromatic heterocycles. The standard InChI is InChI=1S/C27H28N8O/c28-14-19-4-6-24-23(13-19)21(16-30-24)3-1-2-8-34-9-11-35(12-10-34)27-32-17-22(18-33-27)20-5-7-25(26(29)36)31-15-20/h4-7,13,15-18,30H,1-3,8-12H2,(H2,29,36). The normalized spacial score (nSPS) is 14.1.